The average molecular weight is 367 g/mol. The number of nitrogens with one attached hydrogen (secondary N) is 1. The molecule has 1 saturated carbocycles. The zero-order valence-corrected chi connectivity index (χ0v) is 15.7. The summed E-state index contributed by atoms with van der Waals surface area (Å²) in [4.78, 5) is 14.8. The molecule has 5 heteroatoms. The zero-order chi connectivity index (χ0) is 17.8. The molecule has 1 heterocycles. The van der Waals surface area contributed by atoms with Gasteiger partial charge in [0, 0.05) is 31.1 Å². The maximum absolute atomic E-state index is 13.3. The molecular weight excluding hydrogens is 339 g/mol. The van der Waals surface area contributed by atoms with E-state index in [1.807, 2.05) is 6.07 Å². The Labute approximate surface area is 154 Å². The van der Waals surface area contributed by atoms with E-state index in [2.05, 4.69) is 17.1 Å². The normalized spacial score (nSPS) is 21.9. The Morgan fingerprint density at radius 1 is 1.20 bits per heavy atom. The van der Waals surface area contributed by atoms with Gasteiger partial charge in [-0.3, -0.25) is 9.69 Å². The van der Waals surface area contributed by atoms with Crippen LogP contribution in [0.4, 0.5) is 4.39 Å². The number of amides is 1. The van der Waals surface area contributed by atoms with Gasteiger partial charge in [0.05, 0.1) is 5.02 Å². The number of carbonyl (C=O) groups is 1. The van der Waals surface area contributed by atoms with Crippen LogP contribution >= 0.6 is 11.6 Å². The predicted molar refractivity (Wildman–Crippen MR) is 99.1 cm³/mol. The predicted octanol–water partition coefficient (Wildman–Crippen LogP) is 4.70. The number of likely N-dealkylation sites (tertiary alicyclic amines) is 1. The Kier molecular flexibility index (Phi) is 6.34. The number of carbonyl (C=O) groups excluding carboxylic acids is 1. The van der Waals surface area contributed by atoms with E-state index in [-0.39, 0.29) is 34.7 Å². The highest BCUT2D eigenvalue weighted by Crippen LogP contribution is 2.28. The number of rotatable bonds is 4. The van der Waals surface area contributed by atoms with Gasteiger partial charge >= 0.3 is 0 Å². The number of hydrogen-bond donors (Lipinski definition) is 1. The zero-order valence-electron chi connectivity index (χ0n) is 14.9. The largest absolute Gasteiger partial charge is 0.353 e. The fourth-order valence-corrected chi connectivity index (χ4v) is 4.29. The minimum atomic E-state index is -0.373. The van der Waals surface area contributed by atoms with Crippen LogP contribution < -0.4 is 5.32 Å². The van der Waals surface area contributed by atoms with Crippen molar-refractivity contribution in [1.82, 2.24) is 10.2 Å². The van der Waals surface area contributed by atoms with E-state index in [1.54, 1.807) is 6.07 Å². The van der Waals surface area contributed by atoms with Crippen molar-refractivity contribution >= 4 is 17.5 Å². The first-order valence-electron chi connectivity index (χ1n) is 9.54. The average Bonchev–Trinajstić information content (AvgIpc) is 2.65. The number of benzene rings is 1. The minimum absolute atomic E-state index is 0.180. The quantitative estimate of drug-likeness (QED) is 0.837. The van der Waals surface area contributed by atoms with Crippen molar-refractivity contribution in [3.05, 3.63) is 34.6 Å². The van der Waals surface area contributed by atoms with Crippen LogP contribution in [0.15, 0.2) is 18.2 Å². The fourth-order valence-electron chi connectivity index (χ4n) is 4.10. The molecular formula is C20H28ClFN2O. The van der Waals surface area contributed by atoms with Gasteiger partial charge in [-0.2, -0.15) is 0 Å². The van der Waals surface area contributed by atoms with Gasteiger partial charge in [-0.05, 0) is 50.3 Å². The van der Waals surface area contributed by atoms with Crippen molar-refractivity contribution in [3.8, 4) is 0 Å². The second-order valence-corrected chi connectivity index (χ2v) is 7.91. The first-order chi connectivity index (χ1) is 12.0. The number of halogens is 2. The van der Waals surface area contributed by atoms with E-state index < -0.39 is 0 Å². The summed E-state index contributed by atoms with van der Waals surface area (Å²) in [6, 6.07) is 5.45. The molecule has 25 heavy (non-hydrogen) atoms. The molecule has 138 valence electrons. The summed E-state index contributed by atoms with van der Waals surface area (Å²) >= 11 is 5.91. The van der Waals surface area contributed by atoms with Crippen LogP contribution in [-0.4, -0.2) is 29.9 Å². The fraction of sp³-hybridized carbons (Fsp3) is 0.650. The lowest BCUT2D eigenvalue weighted by Gasteiger charge is -2.37. The van der Waals surface area contributed by atoms with Crippen molar-refractivity contribution in [1.29, 1.82) is 0 Å². The van der Waals surface area contributed by atoms with Crippen molar-refractivity contribution in [3.63, 3.8) is 0 Å². The Morgan fingerprint density at radius 3 is 2.52 bits per heavy atom. The molecule has 1 aliphatic carbocycles. The first kappa shape index (κ1) is 18.7. The molecule has 0 spiro atoms. The molecule has 1 atom stereocenters. The molecule has 0 aromatic heterocycles. The van der Waals surface area contributed by atoms with E-state index >= 15 is 0 Å². The summed E-state index contributed by atoms with van der Waals surface area (Å²) < 4.78 is 13.3. The number of piperidine rings is 1. The Hall–Kier alpha value is -1.13. The SMILES string of the molecule is CC(c1ccc(F)c(Cl)c1)N1CCC(NC(=O)C2CCCCC2)CC1. The van der Waals surface area contributed by atoms with Crippen LogP contribution in [0, 0.1) is 11.7 Å². The lowest BCUT2D eigenvalue weighted by atomic mass is 9.88. The van der Waals surface area contributed by atoms with Crippen LogP contribution in [0.2, 0.25) is 5.02 Å². The highest BCUT2D eigenvalue weighted by molar-refractivity contribution is 6.30. The lowest BCUT2D eigenvalue weighted by molar-refractivity contribution is -0.127. The third kappa shape index (κ3) is 4.73. The summed E-state index contributed by atoms with van der Waals surface area (Å²) in [5, 5.41) is 3.45. The van der Waals surface area contributed by atoms with Crippen molar-refractivity contribution in [2.45, 2.75) is 64.0 Å². The van der Waals surface area contributed by atoms with Gasteiger partial charge in [0.25, 0.3) is 0 Å². The van der Waals surface area contributed by atoms with Gasteiger partial charge in [-0.25, -0.2) is 4.39 Å². The second-order valence-electron chi connectivity index (χ2n) is 7.50. The maximum atomic E-state index is 13.3. The molecule has 1 amide bonds. The van der Waals surface area contributed by atoms with E-state index in [1.165, 1.54) is 25.3 Å². The molecule has 1 aromatic carbocycles. The molecule has 1 aliphatic heterocycles. The lowest BCUT2D eigenvalue weighted by Crippen LogP contribution is -2.47. The van der Waals surface area contributed by atoms with Gasteiger partial charge in [0.1, 0.15) is 5.82 Å². The van der Waals surface area contributed by atoms with Crippen molar-refractivity contribution < 1.29 is 9.18 Å². The Balaban J connectivity index is 1.49. The molecule has 1 aromatic rings. The molecule has 2 fully saturated rings. The topological polar surface area (TPSA) is 32.3 Å². The smallest absolute Gasteiger partial charge is 0.223 e. The van der Waals surface area contributed by atoms with Crippen LogP contribution in [0.25, 0.3) is 0 Å². The van der Waals surface area contributed by atoms with Gasteiger partial charge in [0.15, 0.2) is 0 Å². The summed E-state index contributed by atoms with van der Waals surface area (Å²) in [5.74, 6) is 0.116. The molecule has 1 saturated heterocycles. The molecule has 1 N–H and O–H groups in total. The summed E-state index contributed by atoms with van der Waals surface area (Å²) in [7, 11) is 0. The van der Waals surface area contributed by atoms with E-state index in [9.17, 15) is 9.18 Å². The van der Waals surface area contributed by atoms with Gasteiger partial charge < -0.3 is 5.32 Å². The van der Waals surface area contributed by atoms with Crippen LogP contribution in [0.3, 0.4) is 0 Å². The molecule has 2 aliphatic rings. The van der Waals surface area contributed by atoms with Gasteiger partial charge in [-0.15, -0.1) is 0 Å². The van der Waals surface area contributed by atoms with E-state index in [0.29, 0.717) is 0 Å². The number of nitrogens with zero attached hydrogens (tertiary/aromatic N) is 1. The standard InChI is InChI=1S/C20H28ClFN2O/c1-14(16-7-8-19(22)18(21)13-16)24-11-9-17(10-12-24)23-20(25)15-5-3-2-4-6-15/h7-8,13-15,17H,2-6,9-12H2,1H3,(H,23,25). The maximum Gasteiger partial charge on any atom is 0.223 e. The van der Waals surface area contributed by atoms with Crippen LogP contribution in [0.1, 0.15) is 63.5 Å². The second kappa shape index (κ2) is 8.50. The summed E-state index contributed by atoms with van der Waals surface area (Å²) in [6.45, 7) is 4.00. The molecule has 3 rings (SSSR count). The van der Waals surface area contributed by atoms with E-state index in [4.69, 9.17) is 11.6 Å². The highest BCUT2D eigenvalue weighted by Gasteiger charge is 2.27. The minimum Gasteiger partial charge on any atom is -0.353 e. The van der Waals surface area contributed by atoms with Crippen LogP contribution in [-0.2, 0) is 4.79 Å². The number of hydrogen-bond acceptors (Lipinski definition) is 2. The third-order valence-corrected chi connectivity index (χ3v) is 6.12. The molecule has 0 bridgehead atoms. The Morgan fingerprint density at radius 2 is 1.88 bits per heavy atom. The highest BCUT2D eigenvalue weighted by atomic mass is 35.5. The van der Waals surface area contributed by atoms with Gasteiger partial charge in [0.2, 0.25) is 5.91 Å². The van der Waals surface area contributed by atoms with E-state index in [0.717, 1.165) is 44.3 Å². The van der Waals surface area contributed by atoms with Gasteiger partial charge in [-0.1, -0.05) is 36.9 Å². The Bertz CT molecular complexity index is 595. The third-order valence-electron chi connectivity index (χ3n) is 5.83. The molecule has 0 radical (unpaired) electrons. The molecule has 1 unspecified atom stereocenters. The molecule has 3 nitrogen and oxygen atoms in total. The monoisotopic (exact) mass is 366 g/mol. The first-order valence-corrected chi connectivity index (χ1v) is 9.92. The van der Waals surface area contributed by atoms with Crippen LogP contribution in [0.5, 0.6) is 0 Å². The summed E-state index contributed by atoms with van der Waals surface area (Å²) in [5.41, 5.74) is 1.04. The summed E-state index contributed by atoms with van der Waals surface area (Å²) in [6.07, 6.45) is 7.69. The van der Waals surface area contributed by atoms with Crippen molar-refractivity contribution in [2.75, 3.05) is 13.1 Å². The van der Waals surface area contributed by atoms with Crippen molar-refractivity contribution in [2.24, 2.45) is 5.92 Å².